The number of hydrogen-bond donors (Lipinski definition) is 0. The Morgan fingerprint density at radius 1 is 0.955 bits per heavy atom. The number of esters is 2. The van der Waals surface area contributed by atoms with Gasteiger partial charge in [-0.1, -0.05) is 19.3 Å². The van der Waals surface area contributed by atoms with E-state index in [1.807, 2.05) is 0 Å². The van der Waals surface area contributed by atoms with Gasteiger partial charge in [0.25, 0.3) is 0 Å². The lowest BCUT2D eigenvalue weighted by Gasteiger charge is -2.21. The molecule has 1 aromatic carbocycles. The van der Waals surface area contributed by atoms with E-state index in [1.54, 1.807) is 12.1 Å². The molecule has 0 aromatic heterocycles. The Bertz CT molecular complexity index is 585. The summed E-state index contributed by atoms with van der Waals surface area (Å²) in [5, 5.41) is 0. The van der Waals surface area contributed by atoms with Crippen molar-refractivity contribution in [1.29, 1.82) is 0 Å². The second-order valence-corrected chi connectivity index (χ2v) is 5.54. The van der Waals surface area contributed by atoms with Crippen molar-refractivity contribution in [2.45, 2.75) is 46.0 Å². The topological polar surface area (TPSA) is 69.7 Å². The molecule has 1 aliphatic rings. The second kappa shape index (κ2) is 7.20. The van der Waals surface area contributed by atoms with Gasteiger partial charge in [-0.15, -0.1) is 0 Å². The highest BCUT2D eigenvalue weighted by atomic mass is 16.5. The first-order valence-corrected chi connectivity index (χ1v) is 7.52. The molecule has 118 valence electrons. The Kier molecular flexibility index (Phi) is 5.31. The van der Waals surface area contributed by atoms with Crippen molar-refractivity contribution < 1.29 is 23.9 Å². The van der Waals surface area contributed by atoms with Gasteiger partial charge in [-0.3, -0.25) is 14.4 Å². The van der Waals surface area contributed by atoms with Gasteiger partial charge in [0.1, 0.15) is 11.5 Å². The van der Waals surface area contributed by atoms with Gasteiger partial charge in [0.05, 0.1) is 5.56 Å². The van der Waals surface area contributed by atoms with Crippen LogP contribution in [0.2, 0.25) is 0 Å². The van der Waals surface area contributed by atoms with Crippen LogP contribution in [-0.4, -0.2) is 17.7 Å². The third-order valence-corrected chi connectivity index (χ3v) is 3.71. The molecule has 2 rings (SSSR count). The summed E-state index contributed by atoms with van der Waals surface area (Å²) in [6.45, 7) is 2.56. The van der Waals surface area contributed by atoms with Gasteiger partial charge in [-0.2, -0.15) is 0 Å². The summed E-state index contributed by atoms with van der Waals surface area (Å²) in [5.41, 5.74) is 0.373. The maximum Gasteiger partial charge on any atom is 0.308 e. The highest BCUT2D eigenvalue weighted by Crippen LogP contribution is 2.32. The SMILES string of the molecule is CC(=O)Oc1ccc(C(=O)C2CCCCC2)c(OC(C)=O)c1. The highest BCUT2D eigenvalue weighted by Gasteiger charge is 2.25. The molecule has 0 saturated heterocycles. The summed E-state index contributed by atoms with van der Waals surface area (Å²) < 4.78 is 10.1. The lowest BCUT2D eigenvalue weighted by molar-refractivity contribution is -0.132. The first-order valence-electron chi connectivity index (χ1n) is 7.52. The van der Waals surface area contributed by atoms with E-state index in [1.165, 1.54) is 19.9 Å². The van der Waals surface area contributed by atoms with Crippen LogP contribution in [0, 0.1) is 5.92 Å². The molecular formula is C17H20O5. The summed E-state index contributed by atoms with van der Waals surface area (Å²) in [6.07, 6.45) is 4.98. The van der Waals surface area contributed by atoms with Gasteiger partial charge in [0, 0.05) is 25.8 Å². The predicted octanol–water partition coefficient (Wildman–Crippen LogP) is 3.30. The fourth-order valence-electron chi connectivity index (χ4n) is 2.76. The van der Waals surface area contributed by atoms with Crippen LogP contribution < -0.4 is 9.47 Å². The zero-order chi connectivity index (χ0) is 16.1. The van der Waals surface area contributed by atoms with Crippen LogP contribution in [0.1, 0.15) is 56.3 Å². The van der Waals surface area contributed by atoms with Gasteiger partial charge in [-0.25, -0.2) is 0 Å². The zero-order valence-electron chi connectivity index (χ0n) is 12.9. The minimum absolute atomic E-state index is 0.00896. The van der Waals surface area contributed by atoms with Crippen LogP contribution in [0.15, 0.2) is 18.2 Å². The first kappa shape index (κ1) is 16.2. The molecular weight excluding hydrogens is 284 g/mol. The number of benzene rings is 1. The molecule has 1 fully saturated rings. The molecule has 5 nitrogen and oxygen atoms in total. The van der Waals surface area contributed by atoms with Crippen LogP contribution in [-0.2, 0) is 9.59 Å². The molecule has 1 aromatic rings. The van der Waals surface area contributed by atoms with Gasteiger partial charge in [0.2, 0.25) is 0 Å². The fourth-order valence-corrected chi connectivity index (χ4v) is 2.76. The van der Waals surface area contributed by atoms with Crippen molar-refractivity contribution in [3.8, 4) is 11.5 Å². The maximum atomic E-state index is 12.6. The minimum Gasteiger partial charge on any atom is -0.427 e. The van der Waals surface area contributed by atoms with Crippen molar-refractivity contribution in [2.75, 3.05) is 0 Å². The second-order valence-electron chi connectivity index (χ2n) is 5.54. The van der Waals surface area contributed by atoms with E-state index >= 15 is 0 Å². The molecule has 0 atom stereocenters. The third-order valence-electron chi connectivity index (χ3n) is 3.71. The van der Waals surface area contributed by atoms with Crippen LogP contribution >= 0.6 is 0 Å². The zero-order valence-corrected chi connectivity index (χ0v) is 12.9. The third kappa shape index (κ3) is 4.16. The number of ether oxygens (including phenoxy) is 2. The van der Waals surface area contributed by atoms with E-state index in [9.17, 15) is 14.4 Å². The van der Waals surface area contributed by atoms with Gasteiger partial charge < -0.3 is 9.47 Å². The molecule has 0 amide bonds. The number of rotatable bonds is 4. The molecule has 0 unspecified atom stereocenters. The summed E-state index contributed by atoms with van der Waals surface area (Å²) in [6, 6.07) is 4.52. The minimum atomic E-state index is -0.516. The van der Waals surface area contributed by atoms with E-state index in [-0.39, 0.29) is 23.2 Å². The van der Waals surface area contributed by atoms with E-state index in [0.29, 0.717) is 5.56 Å². The summed E-state index contributed by atoms with van der Waals surface area (Å²) >= 11 is 0. The molecule has 0 heterocycles. The first-order chi connectivity index (χ1) is 10.5. The molecule has 1 saturated carbocycles. The average molecular weight is 304 g/mol. The van der Waals surface area contributed by atoms with Crippen molar-refractivity contribution in [2.24, 2.45) is 5.92 Å². The Morgan fingerprint density at radius 3 is 2.18 bits per heavy atom. The lowest BCUT2D eigenvalue weighted by Crippen LogP contribution is -2.19. The van der Waals surface area contributed by atoms with E-state index in [2.05, 4.69) is 0 Å². The molecule has 22 heavy (non-hydrogen) atoms. The normalized spacial score (nSPS) is 15.2. The van der Waals surface area contributed by atoms with Crippen LogP contribution in [0.3, 0.4) is 0 Å². The van der Waals surface area contributed by atoms with Gasteiger partial charge in [-0.05, 0) is 25.0 Å². The van der Waals surface area contributed by atoms with E-state index in [0.717, 1.165) is 32.1 Å². The highest BCUT2D eigenvalue weighted by molar-refractivity contribution is 6.01. The summed E-state index contributed by atoms with van der Waals surface area (Å²) in [7, 11) is 0. The smallest absolute Gasteiger partial charge is 0.308 e. The van der Waals surface area contributed by atoms with Crippen molar-refractivity contribution in [3.05, 3.63) is 23.8 Å². The maximum absolute atomic E-state index is 12.6. The summed E-state index contributed by atoms with van der Waals surface area (Å²) in [5.74, 6) is -0.614. The Balaban J connectivity index is 2.29. The standard InChI is InChI=1S/C17H20O5/c1-11(18)21-14-8-9-15(16(10-14)22-12(2)19)17(20)13-6-4-3-5-7-13/h8-10,13H,3-7H2,1-2H3. The molecule has 1 aliphatic carbocycles. The van der Waals surface area contributed by atoms with Crippen LogP contribution in [0.25, 0.3) is 0 Å². The number of carbonyl (C=O) groups is 3. The Hall–Kier alpha value is -2.17. The van der Waals surface area contributed by atoms with Gasteiger partial charge >= 0.3 is 11.9 Å². The van der Waals surface area contributed by atoms with Crippen molar-refractivity contribution in [3.63, 3.8) is 0 Å². The molecule has 0 bridgehead atoms. The number of hydrogen-bond acceptors (Lipinski definition) is 5. The molecule has 0 radical (unpaired) electrons. The van der Waals surface area contributed by atoms with Crippen LogP contribution in [0.4, 0.5) is 0 Å². The van der Waals surface area contributed by atoms with Crippen molar-refractivity contribution >= 4 is 17.7 Å². The van der Waals surface area contributed by atoms with Crippen molar-refractivity contribution in [1.82, 2.24) is 0 Å². The quantitative estimate of drug-likeness (QED) is 0.485. The Labute approximate surface area is 129 Å². The number of Topliss-reactive ketones (excluding diaryl/α,β-unsaturated/α-hetero) is 1. The summed E-state index contributed by atoms with van der Waals surface area (Å²) in [4.78, 5) is 34.9. The van der Waals surface area contributed by atoms with E-state index in [4.69, 9.17) is 9.47 Å². The molecule has 5 heteroatoms. The van der Waals surface area contributed by atoms with Gasteiger partial charge in [0.15, 0.2) is 5.78 Å². The largest absolute Gasteiger partial charge is 0.427 e. The Morgan fingerprint density at radius 2 is 1.59 bits per heavy atom. The number of ketones is 1. The molecule has 0 aliphatic heterocycles. The average Bonchev–Trinajstić information content (AvgIpc) is 2.46. The monoisotopic (exact) mass is 304 g/mol. The van der Waals surface area contributed by atoms with E-state index < -0.39 is 11.9 Å². The predicted molar refractivity (Wildman–Crippen MR) is 80.0 cm³/mol. The molecule has 0 N–H and O–H groups in total. The van der Waals surface area contributed by atoms with Crippen LogP contribution in [0.5, 0.6) is 11.5 Å². The molecule has 0 spiro atoms. The lowest BCUT2D eigenvalue weighted by atomic mass is 9.83. The number of carbonyl (C=O) groups excluding carboxylic acids is 3. The fraction of sp³-hybridized carbons (Fsp3) is 0.471.